The van der Waals surface area contributed by atoms with E-state index in [4.69, 9.17) is 17.2 Å². The van der Waals surface area contributed by atoms with Crippen LogP contribution in [0.5, 0.6) is 0 Å². The first-order chi connectivity index (χ1) is 7.47. The highest BCUT2D eigenvalue weighted by atomic mass is 16.2. The van der Waals surface area contributed by atoms with Crippen LogP contribution in [0, 0.1) is 0 Å². The van der Waals surface area contributed by atoms with Crippen LogP contribution in [0.3, 0.4) is 0 Å². The molecule has 3 amide bonds. The number of carbonyl (C=O) groups excluding carboxylic acids is 3. The van der Waals surface area contributed by atoms with Gasteiger partial charge in [0.2, 0.25) is 17.7 Å². The second kappa shape index (κ2) is 7.63. The van der Waals surface area contributed by atoms with Crippen molar-refractivity contribution in [3.05, 3.63) is 0 Å². The van der Waals surface area contributed by atoms with E-state index in [-0.39, 0.29) is 25.4 Å². The quantitative estimate of drug-likeness (QED) is 0.412. The molecule has 0 aliphatic carbocycles. The van der Waals surface area contributed by atoms with E-state index in [1.165, 1.54) is 0 Å². The lowest BCUT2D eigenvalue weighted by atomic mass is 10.2. The molecule has 0 unspecified atom stereocenters. The van der Waals surface area contributed by atoms with Gasteiger partial charge in [-0.1, -0.05) is 0 Å². The standard InChI is InChI=1S/C9H18N4O3/c10-4-2-1-3-9(16)13(5-7(11)14)6-8(12)15/h1-6,10H2,(H2,11,14)(H2,12,15). The Labute approximate surface area is 93.9 Å². The van der Waals surface area contributed by atoms with Gasteiger partial charge in [-0.25, -0.2) is 0 Å². The Morgan fingerprint density at radius 3 is 1.81 bits per heavy atom. The molecular weight excluding hydrogens is 212 g/mol. The Morgan fingerprint density at radius 1 is 0.938 bits per heavy atom. The summed E-state index contributed by atoms with van der Waals surface area (Å²) in [6.07, 6.45) is 1.56. The van der Waals surface area contributed by atoms with Crippen LogP contribution < -0.4 is 17.2 Å². The third-order valence-corrected chi connectivity index (χ3v) is 1.89. The van der Waals surface area contributed by atoms with Crippen molar-refractivity contribution < 1.29 is 14.4 Å². The fourth-order valence-corrected chi connectivity index (χ4v) is 1.19. The van der Waals surface area contributed by atoms with Gasteiger partial charge in [-0.3, -0.25) is 14.4 Å². The minimum absolute atomic E-state index is 0.234. The summed E-state index contributed by atoms with van der Waals surface area (Å²) in [6.45, 7) is -0.0757. The van der Waals surface area contributed by atoms with E-state index in [1.54, 1.807) is 0 Å². The monoisotopic (exact) mass is 230 g/mol. The molecule has 0 atom stereocenters. The topological polar surface area (TPSA) is 133 Å². The van der Waals surface area contributed by atoms with Crippen LogP contribution in [-0.2, 0) is 14.4 Å². The van der Waals surface area contributed by atoms with Gasteiger partial charge in [-0.05, 0) is 19.4 Å². The van der Waals surface area contributed by atoms with Crippen molar-refractivity contribution in [1.29, 1.82) is 0 Å². The third kappa shape index (κ3) is 6.77. The molecule has 0 rings (SSSR count). The van der Waals surface area contributed by atoms with Crippen LogP contribution in [0.4, 0.5) is 0 Å². The molecule has 0 aromatic heterocycles. The molecule has 6 N–H and O–H groups in total. The van der Waals surface area contributed by atoms with Crippen LogP contribution in [0.25, 0.3) is 0 Å². The van der Waals surface area contributed by atoms with Gasteiger partial charge in [0.1, 0.15) is 0 Å². The number of hydrogen-bond donors (Lipinski definition) is 3. The summed E-state index contributed by atoms with van der Waals surface area (Å²) in [5, 5.41) is 0. The highest BCUT2D eigenvalue weighted by Crippen LogP contribution is 2.00. The van der Waals surface area contributed by atoms with E-state index in [0.717, 1.165) is 4.90 Å². The van der Waals surface area contributed by atoms with E-state index in [0.29, 0.717) is 19.4 Å². The van der Waals surface area contributed by atoms with Gasteiger partial charge in [0.15, 0.2) is 0 Å². The summed E-state index contributed by atoms with van der Waals surface area (Å²) >= 11 is 0. The fraction of sp³-hybridized carbons (Fsp3) is 0.667. The predicted octanol–water partition coefficient (Wildman–Crippen LogP) is -2.09. The fourth-order valence-electron chi connectivity index (χ4n) is 1.19. The van der Waals surface area contributed by atoms with Crippen molar-refractivity contribution in [2.24, 2.45) is 17.2 Å². The molecule has 0 radical (unpaired) electrons. The number of unbranched alkanes of at least 4 members (excludes halogenated alkanes) is 1. The van der Waals surface area contributed by atoms with E-state index >= 15 is 0 Å². The summed E-state index contributed by atoms with van der Waals surface area (Å²) in [5.74, 6) is -1.66. The average molecular weight is 230 g/mol. The zero-order chi connectivity index (χ0) is 12.6. The molecule has 0 saturated heterocycles. The van der Waals surface area contributed by atoms with Crippen molar-refractivity contribution in [2.75, 3.05) is 19.6 Å². The second-order valence-electron chi connectivity index (χ2n) is 3.43. The number of rotatable bonds is 8. The lowest BCUT2D eigenvalue weighted by Crippen LogP contribution is -2.43. The third-order valence-electron chi connectivity index (χ3n) is 1.89. The van der Waals surface area contributed by atoms with Gasteiger partial charge in [0.25, 0.3) is 0 Å². The lowest BCUT2D eigenvalue weighted by Gasteiger charge is -2.19. The summed E-state index contributed by atoms with van der Waals surface area (Å²) in [7, 11) is 0. The first kappa shape index (κ1) is 14.4. The Hall–Kier alpha value is -1.63. The molecule has 0 spiro atoms. The zero-order valence-electron chi connectivity index (χ0n) is 9.15. The maximum atomic E-state index is 11.6. The second-order valence-corrected chi connectivity index (χ2v) is 3.43. The molecule has 7 nitrogen and oxygen atoms in total. The molecule has 16 heavy (non-hydrogen) atoms. The number of nitrogens with zero attached hydrogens (tertiary/aromatic N) is 1. The number of nitrogens with two attached hydrogens (primary N) is 3. The SMILES string of the molecule is NCCCCC(=O)N(CC(N)=O)CC(N)=O. The van der Waals surface area contributed by atoms with Crippen LogP contribution in [0.2, 0.25) is 0 Å². The summed E-state index contributed by atoms with van der Waals surface area (Å²) in [5.41, 5.74) is 15.2. The summed E-state index contributed by atoms with van der Waals surface area (Å²) in [4.78, 5) is 34.0. The molecule has 0 fully saturated rings. The number of primary amides is 2. The summed E-state index contributed by atoms with van der Waals surface area (Å²) < 4.78 is 0. The zero-order valence-corrected chi connectivity index (χ0v) is 9.15. The molecule has 92 valence electrons. The van der Waals surface area contributed by atoms with E-state index in [9.17, 15) is 14.4 Å². The van der Waals surface area contributed by atoms with Gasteiger partial charge >= 0.3 is 0 Å². The molecule has 0 aliphatic rings. The molecule has 0 aromatic rings. The van der Waals surface area contributed by atoms with Gasteiger partial charge < -0.3 is 22.1 Å². The van der Waals surface area contributed by atoms with Crippen molar-refractivity contribution in [3.63, 3.8) is 0 Å². The minimum atomic E-state index is -0.673. The van der Waals surface area contributed by atoms with E-state index in [2.05, 4.69) is 0 Å². The van der Waals surface area contributed by atoms with Crippen LogP contribution >= 0.6 is 0 Å². The Balaban J connectivity index is 4.20. The normalized spacial score (nSPS) is 9.81. The first-order valence-electron chi connectivity index (χ1n) is 5.01. The van der Waals surface area contributed by atoms with Crippen molar-refractivity contribution in [1.82, 2.24) is 4.90 Å². The molecular formula is C9H18N4O3. The van der Waals surface area contributed by atoms with Crippen molar-refractivity contribution >= 4 is 17.7 Å². The highest BCUT2D eigenvalue weighted by Gasteiger charge is 2.17. The predicted molar refractivity (Wildman–Crippen MR) is 57.9 cm³/mol. The van der Waals surface area contributed by atoms with Crippen LogP contribution in [0.1, 0.15) is 19.3 Å². The lowest BCUT2D eigenvalue weighted by molar-refractivity contribution is -0.138. The molecule has 0 saturated carbocycles. The number of carbonyl (C=O) groups is 3. The number of hydrogen-bond acceptors (Lipinski definition) is 4. The maximum absolute atomic E-state index is 11.6. The van der Waals surface area contributed by atoms with Gasteiger partial charge in [-0.2, -0.15) is 0 Å². The average Bonchev–Trinajstić information content (AvgIpc) is 2.15. The van der Waals surface area contributed by atoms with Crippen molar-refractivity contribution in [2.45, 2.75) is 19.3 Å². The first-order valence-corrected chi connectivity index (χ1v) is 5.01. The number of amides is 3. The summed E-state index contributed by atoms with van der Waals surface area (Å²) in [6, 6.07) is 0. The Bertz CT molecular complexity index is 251. The van der Waals surface area contributed by atoms with Gasteiger partial charge in [0.05, 0.1) is 13.1 Å². The minimum Gasteiger partial charge on any atom is -0.368 e. The molecule has 0 aliphatic heterocycles. The molecule has 0 aromatic carbocycles. The van der Waals surface area contributed by atoms with Gasteiger partial charge in [-0.15, -0.1) is 0 Å². The smallest absolute Gasteiger partial charge is 0.237 e. The highest BCUT2D eigenvalue weighted by molar-refractivity contribution is 5.87. The van der Waals surface area contributed by atoms with E-state index in [1.807, 2.05) is 0 Å². The largest absolute Gasteiger partial charge is 0.368 e. The Morgan fingerprint density at radius 2 is 1.44 bits per heavy atom. The van der Waals surface area contributed by atoms with Crippen molar-refractivity contribution in [3.8, 4) is 0 Å². The molecule has 0 bridgehead atoms. The van der Waals surface area contributed by atoms with E-state index < -0.39 is 11.8 Å². The van der Waals surface area contributed by atoms with Crippen LogP contribution in [-0.4, -0.2) is 42.3 Å². The Kier molecular flexibility index (Phi) is 6.86. The van der Waals surface area contributed by atoms with Crippen LogP contribution in [0.15, 0.2) is 0 Å². The molecule has 0 heterocycles. The van der Waals surface area contributed by atoms with Gasteiger partial charge in [0, 0.05) is 6.42 Å². The molecule has 7 heteroatoms. The maximum Gasteiger partial charge on any atom is 0.237 e.